The predicted molar refractivity (Wildman–Crippen MR) is 74.6 cm³/mol. The van der Waals surface area contributed by atoms with E-state index in [0.717, 1.165) is 11.1 Å². The number of nitrogens with zero attached hydrogens (tertiary/aromatic N) is 1. The number of nitriles is 1. The zero-order chi connectivity index (χ0) is 13.7. The lowest BCUT2D eigenvalue weighted by Gasteiger charge is -2.04. The zero-order valence-corrected chi connectivity index (χ0v) is 10.5. The predicted octanol–water partition coefficient (Wildman–Crippen LogP) is 3.46. The van der Waals surface area contributed by atoms with Gasteiger partial charge in [-0.15, -0.1) is 0 Å². The molecule has 0 aliphatic heterocycles. The molecule has 0 unspecified atom stereocenters. The summed E-state index contributed by atoms with van der Waals surface area (Å²) in [7, 11) is 1.49. The van der Waals surface area contributed by atoms with Gasteiger partial charge in [0.25, 0.3) is 0 Å². The second kappa shape index (κ2) is 5.74. The SMILES string of the molecule is COc1cc(C=C(C#N)c2ccccc2)ccc1O. The van der Waals surface area contributed by atoms with Gasteiger partial charge in [-0.05, 0) is 29.3 Å². The minimum Gasteiger partial charge on any atom is -0.504 e. The highest BCUT2D eigenvalue weighted by atomic mass is 16.5. The van der Waals surface area contributed by atoms with Crippen molar-refractivity contribution < 1.29 is 9.84 Å². The fourth-order valence-corrected chi connectivity index (χ4v) is 1.75. The van der Waals surface area contributed by atoms with Crippen molar-refractivity contribution in [2.45, 2.75) is 0 Å². The number of phenols is 1. The van der Waals surface area contributed by atoms with E-state index in [4.69, 9.17) is 4.74 Å². The van der Waals surface area contributed by atoms with Crippen LogP contribution in [0, 0.1) is 11.3 Å². The maximum absolute atomic E-state index is 9.53. The highest BCUT2D eigenvalue weighted by Gasteiger charge is 2.04. The Morgan fingerprint density at radius 3 is 2.58 bits per heavy atom. The fourth-order valence-electron chi connectivity index (χ4n) is 1.75. The van der Waals surface area contributed by atoms with Crippen molar-refractivity contribution in [1.29, 1.82) is 5.26 Å². The molecule has 0 aliphatic rings. The van der Waals surface area contributed by atoms with Crippen LogP contribution in [0.1, 0.15) is 11.1 Å². The van der Waals surface area contributed by atoms with Gasteiger partial charge in [-0.1, -0.05) is 36.4 Å². The first-order chi connectivity index (χ1) is 9.24. The molecular formula is C16H13NO2. The van der Waals surface area contributed by atoms with E-state index in [1.54, 1.807) is 24.3 Å². The number of ether oxygens (including phenoxy) is 1. The van der Waals surface area contributed by atoms with Crippen LogP contribution in [0.3, 0.4) is 0 Å². The molecule has 0 bridgehead atoms. The van der Waals surface area contributed by atoms with Gasteiger partial charge in [0, 0.05) is 0 Å². The summed E-state index contributed by atoms with van der Waals surface area (Å²) in [5.74, 6) is 0.469. The molecule has 3 nitrogen and oxygen atoms in total. The number of rotatable bonds is 3. The number of benzene rings is 2. The van der Waals surface area contributed by atoms with E-state index in [1.165, 1.54) is 7.11 Å². The summed E-state index contributed by atoms with van der Waals surface area (Å²) in [5, 5.41) is 18.8. The van der Waals surface area contributed by atoms with Crippen LogP contribution in [0.2, 0.25) is 0 Å². The molecule has 0 radical (unpaired) electrons. The number of hydrogen-bond donors (Lipinski definition) is 1. The van der Waals surface area contributed by atoms with Crippen molar-refractivity contribution in [2.75, 3.05) is 7.11 Å². The van der Waals surface area contributed by atoms with E-state index in [0.29, 0.717) is 11.3 Å². The Morgan fingerprint density at radius 2 is 1.95 bits per heavy atom. The molecule has 0 fully saturated rings. The number of allylic oxidation sites excluding steroid dienone is 1. The smallest absolute Gasteiger partial charge is 0.161 e. The first-order valence-corrected chi connectivity index (χ1v) is 5.79. The standard InChI is InChI=1S/C16H13NO2/c1-19-16-10-12(7-8-15(16)18)9-14(11-17)13-5-3-2-4-6-13/h2-10,18H,1H3. The molecule has 1 N–H and O–H groups in total. The summed E-state index contributed by atoms with van der Waals surface area (Å²) in [5.41, 5.74) is 2.22. The Balaban J connectivity index is 2.42. The van der Waals surface area contributed by atoms with Crippen molar-refractivity contribution in [3.05, 3.63) is 59.7 Å². The van der Waals surface area contributed by atoms with Gasteiger partial charge in [-0.3, -0.25) is 0 Å². The molecule has 2 aromatic rings. The molecule has 0 spiro atoms. The minimum absolute atomic E-state index is 0.0814. The van der Waals surface area contributed by atoms with Gasteiger partial charge in [0.15, 0.2) is 11.5 Å². The Morgan fingerprint density at radius 1 is 1.21 bits per heavy atom. The Hall–Kier alpha value is -2.73. The van der Waals surface area contributed by atoms with E-state index in [9.17, 15) is 10.4 Å². The van der Waals surface area contributed by atoms with Crippen molar-refractivity contribution >= 4 is 11.6 Å². The summed E-state index contributed by atoms with van der Waals surface area (Å²) < 4.78 is 5.04. The number of hydrogen-bond acceptors (Lipinski definition) is 3. The van der Waals surface area contributed by atoms with E-state index in [1.807, 2.05) is 30.3 Å². The van der Waals surface area contributed by atoms with Crippen LogP contribution in [0.5, 0.6) is 11.5 Å². The highest BCUT2D eigenvalue weighted by molar-refractivity contribution is 5.89. The summed E-state index contributed by atoms with van der Waals surface area (Å²) >= 11 is 0. The molecule has 0 aromatic heterocycles. The van der Waals surface area contributed by atoms with Gasteiger partial charge in [0.2, 0.25) is 0 Å². The molecule has 0 aliphatic carbocycles. The first kappa shape index (κ1) is 12.7. The Labute approximate surface area is 112 Å². The molecule has 19 heavy (non-hydrogen) atoms. The summed E-state index contributed by atoms with van der Waals surface area (Å²) in [4.78, 5) is 0. The van der Waals surface area contributed by atoms with Gasteiger partial charge in [-0.25, -0.2) is 0 Å². The molecule has 3 heteroatoms. The van der Waals surface area contributed by atoms with Crippen LogP contribution in [0.15, 0.2) is 48.5 Å². The molecule has 0 saturated heterocycles. The van der Waals surface area contributed by atoms with Gasteiger partial charge < -0.3 is 9.84 Å². The van der Waals surface area contributed by atoms with Crippen LogP contribution in [-0.4, -0.2) is 12.2 Å². The Kier molecular flexibility index (Phi) is 3.84. The van der Waals surface area contributed by atoms with E-state index >= 15 is 0 Å². The van der Waals surface area contributed by atoms with Crippen LogP contribution < -0.4 is 4.74 Å². The highest BCUT2D eigenvalue weighted by Crippen LogP contribution is 2.28. The van der Waals surface area contributed by atoms with E-state index < -0.39 is 0 Å². The lowest BCUT2D eigenvalue weighted by Crippen LogP contribution is -1.85. The maximum atomic E-state index is 9.53. The third kappa shape index (κ3) is 2.93. The first-order valence-electron chi connectivity index (χ1n) is 5.79. The molecular weight excluding hydrogens is 238 g/mol. The van der Waals surface area contributed by atoms with Crippen LogP contribution in [0.4, 0.5) is 0 Å². The molecule has 0 amide bonds. The molecule has 0 atom stereocenters. The van der Waals surface area contributed by atoms with Gasteiger partial charge in [-0.2, -0.15) is 5.26 Å². The van der Waals surface area contributed by atoms with Crippen LogP contribution >= 0.6 is 0 Å². The lowest BCUT2D eigenvalue weighted by molar-refractivity contribution is 0.373. The molecule has 2 rings (SSSR count). The number of methoxy groups -OCH3 is 1. The minimum atomic E-state index is 0.0814. The maximum Gasteiger partial charge on any atom is 0.161 e. The normalized spacial score (nSPS) is 10.8. The summed E-state index contributed by atoms with van der Waals surface area (Å²) in [6, 6.07) is 16.6. The zero-order valence-electron chi connectivity index (χ0n) is 10.5. The van der Waals surface area contributed by atoms with Crippen molar-refractivity contribution in [3.63, 3.8) is 0 Å². The second-order valence-electron chi connectivity index (χ2n) is 3.97. The van der Waals surface area contributed by atoms with Crippen molar-refractivity contribution in [3.8, 4) is 17.6 Å². The fraction of sp³-hybridized carbons (Fsp3) is 0.0625. The van der Waals surface area contributed by atoms with Crippen molar-refractivity contribution in [1.82, 2.24) is 0 Å². The molecule has 0 heterocycles. The second-order valence-corrected chi connectivity index (χ2v) is 3.97. The van der Waals surface area contributed by atoms with Crippen LogP contribution in [-0.2, 0) is 0 Å². The van der Waals surface area contributed by atoms with Gasteiger partial charge in [0.1, 0.15) is 0 Å². The Bertz CT molecular complexity index is 640. The number of aromatic hydroxyl groups is 1. The summed E-state index contributed by atoms with van der Waals surface area (Å²) in [6.07, 6.45) is 1.76. The van der Waals surface area contributed by atoms with E-state index in [2.05, 4.69) is 6.07 Å². The van der Waals surface area contributed by atoms with E-state index in [-0.39, 0.29) is 5.75 Å². The summed E-state index contributed by atoms with van der Waals surface area (Å²) in [6.45, 7) is 0. The third-order valence-electron chi connectivity index (χ3n) is 2.72. The number of phenolic OH excluding ortho intramolecular Hbond substituents is 1. The molecule has 94 valence electrons. The quantitative estimate of drug-likeness (QED) is 0.671. The average Bonchev–Trinajstić information content (AvgIpc) is 2.47. The largest absolute Gasteiger partial charge is 0.504 e. The monoisotopic (exact) mass is 251 g/mol. The molecule has 2 aromatic carbocycles. The topological polar surface area (TPSA) is 53.2 Å². The van der Waals surface area contributed by atoms with Crippen molar-refractivity contribution in [2.24, 2.45) is 0 Å². The van der Waals surface area contributed by atoms with Gasteiger partial charge >= 0.3 is 0 Å². The average molecular weight is 251 g/mol. The van der Waals surface area contributed by atoms with Gasteiger partial charge in [0.05, 0.1) is 18.8 Å². The lowest BCUT2D eigenvalue weighted by atomic mass is 10.0. The third-order valence-corrected chi connectivity index (χ3v) is 2.72. The van der Waals surface area contributed by atoms with Crippen LogP contribution in [0.25, 0.3) is 11.6 Å². The molecule has 0 saturated carbocycles.